The molecule has 2 atom stereocenters. The lowest BCUT2D eigenvalue weighted by atomic mass is 9.94. The molecular weight excluding hydrogens is 384 g/mol. The summed E-state index contributed by atoms with van der Waals surface area (Å²) in [6.07, 6.45) is 3.66. The van der Waals surface area contributed by atoms with Crippen molar-refractivity contribution in [2.24, 2.45) is 0 Å². The predicted molar refractivity (Wildman–Crippen MR) is 104 cm³/mol. The molecule has 4 heterocycles. The molecule has 0 N–H and O–H groups in total. The van der Waals surface area contributed by atoms with E-state index in [4.69, 9.17) is 23.7 Å². The van der Waals surface area contributed by atoms with Crippen molar-refractivity contribution in [3.8, 4) is 0 Å². The maximum absolute atomic E-state index is 11.6. The van der Waals surface area contributed by atoms with Crippen molar-refractivity contribution in [1.82, 2.24) is 0 Å². The third-order valence-electron chi connectivity index (χ3n) is 5.51. The molecule has 8 heteroatoms. The minimum atomic E-state index is -0.631. The Labute approximate surface area is 169 Å². The summed E-state index contributed by atoms with van der Waals surface area (Å²) < 4.78 is 26.5. The number of hydrogen-bond donors (Lipinski definition) is 0. The van der Waals surface area contributed by atoms with Crippen molar-refractivity contribution in [2.45, 2.75) is 49.9 Å². The van der Waals surface area contributed by atoms with Crippen LogP contribution in [0.5, 0.6) is 0 Å². The molecular formula is C20H28O7S. The van der Waals surface area contributed by atoms with Gasteiger partial charge in [-0.15, -0.1) is 0 Å². The molecule has 0 bridgehead atoms. The fraction of sp³-hybridized carbons (Fsp3) is 0.700. The van der Waals surface area contributed by atoms with Crippen molar-refractivity contribution in [2.75, 3.05) is 40.6 Å². The van der Waals surface area contributed by atoms with Crippen LogP contribution in [0.25, 0.3) is 0 Å². The predicted octanol–water partition coefficient (Wildman–Crippen LogP) is 2.74. The summed E-state index contributed by atoms with van der Waals surface area (Å²) in [5, 5.41) is 0.132. The highest BCUT2D eigenvalue weighted by Gasteiger charge is 2.49. The third-order valence-corrected chi connectivity index (χ3v) is 6.90. The van der Waals surface area contributed by atoms with E-state index in [2.05, 4.69) is 0 Å². The van der Waals surface area contributed by atoms with Crippen LogP contribution in [0, 0.1) is 0 Å². The SMILES string of the molecule is COC1=C(C)C(=O)OC12CCCOC2.COC1=C(C)C(=O)SC12CCCOC2. The number of hydrogen-bond acceptors (Lipinski definition) is 8. The highest BCUT2D eigenvalue weighted by Crippen LogP contribution is 2.48. The normalized spacial score (nSPS) is 32.6. The van der Waals surface area contributed by atoms with Crippen LogP contribution in [0.3, 0.4) is 0 Å². The Balaban J connectivity index is 0.000000161. The number of rotatable bonds is 2. The van der Waals surface area contributed by atoms with Gasteiger partial charge < -0.3 is 23.7 Å². The van der Waals surface area contributed by atoms with Gasteiger partial charge in [0.25, 0.3) is 0 Å². The number of carbonyl (C=O) groups excluding carboxylic acids is 2. The van der Waals surface area contributed by atoms with E-state index in [0.717, 1.165) is 50.2 Å². The standard InChI is InChI=1S/C10H14O4.C10H14O3S/c2*1-7-8(12-2)10(14-9(7)11)4-3-5-13-6-10/h2*3-6H2,1-2H3. The molecule has 0 aromatic heterocycles. The highest BCUT2D eigenvalue weighted by molar-refractivity contribution is 8.15. The fourth-order valence-corrected chi connectivity index (χ4v) is 5.52. The van der Waals surface area contributed by atoms with E-state index < -0.39 is 5.60 Å². The van der Waals surface area contributed by atoms with Crippen molar-refractivity contribution in [3.05, 3.63) is 22.7 Å². The van der Waals surface area contributed by atoms with Gasteiger partial charge >= 0.3 is 5.97 Å². The molecule has 7 nitrogen and oxygen atoms in total. The molecule has 2 spiro atoms. The number of thioether (sulfide) groups is 1. The molecule has 4 rings (SSSR count). The molecule has 0 aliphatic carbocycles. The molecule has 2 unspecified atom stereocenters. The summed E-state index contributed by atoms with van der Waals surface area (Å²) in [6.45, 7) is 6.10. The summed E-state index contributed by atoms with van der Waals surface area (Å²) >= 11 is 1.37. The van der Waals surface area contributed by atoms with E-state index in [-0.39, 0.29) is 15.8 Å². The van der Waals surface area contributed by atoms with Gasteiger partial charge in [-0.05, 0) is 39.5 Å². The Bertz CT molecular complexity index is 637. The molecule has 4 aliphatic heterocycles. The van der Waals surface area contributed by atoms with Crippen LogP contribution in [0.4, 0.5) is 0 Å². The zero-order valence-electron chi connectivity index (χ0n) is 16.9. The van der Waals surface area contributed by atoms with Crippen molar-refractivity contribution in [1.29, 1.82) is 0 Å². The van der Waals surface area contributed by atoms with E-state index >= 15 is 0 Å². The minimum absolute atomic E-state index is 0.132. The van der Waals surface area contributed by atoms with E-state index in [1.807, 2.05) is 6.92 Å². The first-order chi connectivity index (χ1) is 13.4. The zero-order valence-corrected chi connectivity index (χ0v) is 17.7. The van der Waals surface area contributed by atoms with E-state index in [0.29, 0.717) is 24.5 Å². The third kappa shape index (κ3) is 3.69. The van der Waals surface area contributed by atoms with Gasteiger partial charge in [0.1, 0.15) is 10.5 Å². The average molecular weight is 413 g/mol. The van der Waals surface area contributed by atoms with Crippen LogP contribution in [0.15, 0.2) is 22.7 Å². The summed E-state index contributed by atoms with van der Waals surface area (Å²) in [5.74, 6) is 1.18. The van der Waals surface area contributed by atoms with E-state index in [9.17, 15) is 9.59 Å². The molecule has 2 saturated heterocycles. The van der Waals surface area contributed by atoms with Crippen molar-refractivity contribution < 1.29 is 33.3 Å². The van der Waals surface area contributed by atoms with Gasteiger partial charge in [-0.3, -0.25) is 4.79 Å². The molecule has 0 amide bonds. The highest BCUT2D eigenvalue weighted by atomic mass is 32.2. The molecule has 4 aliphatic rings. The van der Waals surface area contributed by atoms with Crippen LogP contribution in [-0.4, -0.2) is 62.1 Å². The summed E-state index contributed by atoms with van der Waals surface area (Å²) in [5.41, 5.74) is 0.690. The Hall–Kier alpha value is -1.51. The van der Waals surface area contributed by atoms with Crippen molar-refractivity contribution in [3.63, 3.8) is 0 Å². The lowest BCUT2D eigenvalue weighted by Crippen LogP contribution is -2.41. The van der Waals surface area contributed by atoms with Crippen LogP contribution >= 0.6 is 11.8 Å². The topological polar surface area (TPSA) is 80.3 Å². The summed E-state index contributed by atoms with van der Waals surface area (Å²) in [7, 11) is 3.20. The van der Waals surface area contributed by atoms with Gasteiger partial charge in [-0.25, -0.2) is 4.79 Å². The quantitative estimate of drug-likeness (QED) is 0.641. The van der Waals surface area contributed by atoms with Crippen LogP contribution in [0.2, 0.25) is 0 Å². The maximum Gasteiger partial charge on any atom is 0.338 e. The van der Waals surface area contributed by atoms with E-state index in [1.54, 1.807) is 21.1 Å². The fourth-order valence-electron chi connectivity index (χ4n) is 4.20. The first kappa shape index (κ1) is 21.2. The smallest absolute Gasteiger partial charge is 0.338 e. The Morgan fingerprint density at radius 1 is 0.893 bits per heavy atom. The second-order valence-corrected chi connectivity index (χ2v) is 8.75. The Kier molecular flexibility index (Phi) is 6.41. The molecule has 28 heavy (non-hydrogen) atoms. The molecule has 0 aromatic carbocycles. The van der Waals surface area contributed by atoms with Gasteiger partial charge in [0.05, 0.1) is 33.0 Å². The van der Waals surface area contributed by atoms with Gasteiger partial charge in [0.2, 0.25) is 5.12 Å². The Morgan fingerprint density at radius 3 is 2.07 bits per heavy atom. The minimum Gasteiger partial charge on any atom is -0.499 e. The van der Waals surface area contributed by atoms with Crippen molar-refractivity contribution >= 4 is 22.8 Å². The largest absolute Gasteiger partial charge is 0.499 e. The number of esters is 1. The Morgan fingerprint density at radius 2 is 1.54 bits per heavy atom. The number of carbonyl (C=O) groups is 2. The van der Waals surface area contributed by atoms with Crippen LogP contribution in [-0.2, 0) is 33.3 Å². The summed E-state index contributed by atoms with van der Waals surface area (Å²) in [4.78, 5) is 23.0. The lowest BCUT2D eigenvalue weighted by Gasteiger charge is -2.33. The average Bonchev–Trinajstić information content (AvgIpc) is 3.06. The first-order valence-electron chi connectivity index (χ1n) is 9.52. The van der Waals surface area contributed by atoms with Crippen LogP contribution < -0.4 is 0 Å². The molecule has 0 saturated carbocycles. The lowest BCUT2D eigenvalue weighted by molar-refractivity contribution is -0.160. The number of ether oxygens (including phenoxy) is 5. The molecule has 0 aromatic rings. The molecule has 0 radical (unpaired) electrons. The zero-order chi connectivity index (χ0) is 20.4. The monoisotopic (exact) mass is 412 g/mol. The molecule has 156 valence electrons. The van der Waals surface area contributed by atoms with Gasteiger partial charge in [0.15, 0.2) is 11.4 Å². The summed E-state index contributed by atoms with van der Waals surface area (Å²) in [6, 6.07) is 0. The first-order valence-corrected chi connectivity index (χ1v) is 10.3. The number of methoxy groups -OCH3 is 2. The second-order valence-electron chi connectivity index (χ2n) is 7.40. The van der Waals surface area contributed by atoms with Gasteiger partial charge in [-0.2, -0.15) is 0 Å². The second kappa shape index (κ2) is 8.47. The maximum atomic E-state index is 11.6. The van der Waals surface area contributed by atoms with Gasteiger partial charge in [0, 0.05) is 18.8 Å². The van der Waals surface area contributed by atoms with Crippen LogP contribution in [0.1, 0.15) is 39.5 Å². The molecule has 2 fully saturated rings. The van der Waals surface area contributed by atoms with E-state index in [1.165, 1.54) is 11.8 Å². The van der Waals surface area contributed by atoms with Gasteiger partial charge in [-0.1, -0.05) is 11.8 Å².